The molecule has 0 bridgehead atoms. The van der Waals surface area contributed by atoms with Crippen LogP contribution in [-0.2, 0) is 12.8 Å². The highest BCUT2D eigenvalue weighted by molar-refractivity contribution is 7.09. The predicted octanol–water partition coefficient (Wildman–Crippen LogP) is 2.11. The number of nitrogens with zero attached hydrogens (tertiary/aromatic N) is 4. The molecule has 1 aliphatic heterocycles. The van der Waals surface area contributed by atoms with E-state index < -0.39 is 0 Å². The minimum atomic E-state index is 0.177. The van der Waals surface area contributed by atoms with E-state index in [-0.39, 0.29) is 12.6 Å². The first-order chi connectivity index (χ1) is 11.3. The zero-order valence-electron chi connectivity index (χ0n) is 13.4. The number of anilines is 2. The lowest BCUT2D eigenvalue weighted by atomic mass is 10.2. The van der Waals surface area contributed by atoms with Crippen LogP contribution in [0.1, 0.15) is 30.5 Å². The van der Waals surface area contributed by atoms with Crippen molar-refractivity contribution in [1.29, 1.82) is 0 Å². The van der Waals surface area contributed by atoms with Gasteiger partial charge < -0.3 is 15.3 Å². The Morgan fingerprint density at radius 3 is 3.13 bits per heavy atom. The maximum absolute atomic E-state index is 9.45. The van der Waals surface area contributed by atoms with Crippen molar-refractivity contribution >= 4 is 23.0 Å². The Morgan fingerprint density at radius 2 is 2.35 bits per heavy atom. The minimum absolute atomic E-state index is 0.177. The molecule has 0 aliphatic carbocycles. The molecule has 1 atom stereocenters. The fraction of sp³-hybridized carbons (Fsp3) is 0.562. The first-order valence-corrected chi connectivity index (χ1v) is 9.04. The van der Waals surface area contributed by atoms with Crippen molar-refractivity contribution in [2.75, 3.05) is 29.9 Å². The van der Waals surface area contributed by atoms with Gasteiger partial charge in [-0.2, -0.15) is 0 Å². The molecule has 0 aromatic carbocycles. The Bertz CT molecular complexity index is 632. The number of thiazole rings is 1. The van der Waals surface area contributed by atoms with Crippen LogP contribution in [0.25, 0.3) is 0 Å². The Labute approximate surface area is 140 Å². The zero-order valence-corrected chi connectivity index (χ0v) is 14.2. The van der Waals surface area contributed by atoms with Crippen LogP contribution in [-0.4, -0.2) is 45.8 Å². The van der Waals surface area contributed by atoms with Crippen LogP contribution in [0.15, 0.2) is 17.8 Å². The van der Waals surface area contributed by atoms with Crippen LogP contribution in [0, 0.1) is 0 Å². The van der Waals surface area contributed by atoms with Gasteiger partial charge in [0.05, 0.1) is 23.4 Å². The molecule has 0 radical (unpaired) electrons. The van der Waals surface area contributed by atoms with Crippen molar-refractivity contribution in [2.45, 2.75) is 38.6 Å². The summed E-state index contributed by atoms with van der Waals surface area (Å²) in [7, 11) is 0. The van der Waals surface area contributed by atoms with E-state index in [1.165, 1.54) is 5.01 Å². The molecule has 0 saturated carbocycles. The number of aromatic nitrogens is 3. The molecule has 2 aromatic heterocycles. The number of rotatable bonds is 7. The molecule has 1 saturated heterocycles. The van der Waals surface area contributed by atoms with Crippen LogP contribution in [0.4, 0.5) is 11.6 Å². The van der Waals surface area contributed by atoms with Gasteiger partial charge in [0.1, 0.15) is 18.0 Å². The van der Waals surface area contributed by atoms with Gasteiger partial charge in [-0.3, -0.25) is 0 Å². The normalized spacial score (nSPS) is 17.7. The highest BCUT2D eigenvalue weighted by atomic mass is 32.1. The summed E-state index contributed by atoms with van der Waals surface area (Å²) in [6.45, 7) is 4.05. The fourth-order valence-electron chi connectivity index (χ4n) is 2.87. The summed E-state index contributed by atoms with van der Waals surface area (Å²) in [5.74, 6) is 1.71. The van der Waals surface area contributed by atoms with Gasteiger partial charge in [0.15, 0.2) is 0 Å². The third-order valence-electron chi connectivity index (χ3n) is 4.12. The van der Waals surface area contributed by atoms with E-state index in [2.05, 4.69) is 37.5 Å². The lowest BCUT2D eigenvalue weighted by molar-refractivity contribution is 0.266. The number of aliphatic hydroxyl groups is 1. The number of nitrogens with one attached hydrogen (secondary N) is 1. The second kappa shape index (κ2) is 7.70. The third kappa shape index (κ3) is 3.97. The fourth-order valence-corrected chi connectivity index (χ4v) is 3.65. The maximum atomic E-state index is 9.45. The average molecular weight is 333 g/mol. The van der Waals surface area contributed by atoms with Gasteiger partial charge in [-0.25, -0.2) is 15.0 Å². The van der Waals surface area contributed by atoms with E-state index in [0.717, 1.165) is 56.1 Å². The first-order valence-electron chi connectivity index (χ1n) is 8.17. The molecule has 0 amide bonds. The van der Waals surface area contributed by atoms with E-state index >= 15 is 0 Å². The molecule has 0 spiro atoms. The lowest BCUT2D eigenvalue weighted by Crippen LogP contribution is -2.32. The highest BCUT2D eigenvalue weighted by Crippen LogP contribution is 2.24. The van der Waals surface area contributed by atoms with Crippen molar-refractivity contribution in [3.8, 4) is 0 Å². The quantitative estimate of drug-likeness (QED) is 0.808. The summed E-state index contributed by atoms with van der Waals surface area (Å²) in [6.07, 6.45) is 5.59. The Morgan fingerprint density at radius 1 is 1.43 bits per heavy atom. The first kappa shape index (κ1) is 16.1. The summed E-state index contributed by atoms with van der Waals surface area (Å²) < 4.78 is 0. The molecular weight excluding hydrogens is 310 g/mol. The Balaban J connectivity index is 1.57. The van der Waals surface area contributed by atoms with Crippen molar-refractivity contribution in [3.05, 3.63) is 28.5 Å². The van der Waals surface area contributed by atoms with Crippen LogP contribution in [0.2, 0.25) is 0 Å². The van der Waals surface area contributed by atoms with Gasteiger partial charge in [-0.05, 0) is 19.3 Å². The predicted molar refractivity (Wildman–Crippen MR) is 93.2 cm³/mol. The average Bonchev–Trinajstić information content (AvgIpc) is 3.24. The van der Waals surface area contributed by atoms with Crippen molar-refractivity contribution in [1.82, 2.24) is 15.0 Å². The van der Waals surface area contributed by atoms with Crippen LogP contribution in [0.3, 0.4) is 0 Å². The van der Waals surface area contributed by atoms with Crippen molar-refractivity contribution in [3.63, 3.8) is 0 Å². The van der Waals surface area contributed by atoms with E-state index in [9.17, 15) is 5.11 Å². The number of hydrogen-bond donors (Lipinski definition) is 2. The summed E-state index contributed by atoms with van der Waals surface area (Å²) in [5.41, 5.74) is 1.13. The monoisotopic (exact) mass is 333 g/mol. The van der Waals surface area contributed by atoms with Crippen LogP contribution < -0.4 is 10.2 Å². The largest absolute Gasteiger partial charge is 0.394 e. The molecule has 2 N–H and O–H groups in total. The third-order valence-corrected chi connectivity index (χ3v) is 5.17. The lowest BCUT2D eigenvalue weighted by Gasteiger charge is -2.24. The molecule has 1 fully saturated rings. The minimum Gasteiger partial charge on any atom is -0.394 e. The topological polar surface area (TPSA) is 74.2 Å². The molecular formula is C16H23N5OS. The second-order valence-corrected chi connectivity index (χ2v) is 6.64. The maximum Gasteiger partial charge on any atom is 0.134 e. The van der Waals surface area contributed by atoms with Crippen molar-refractivity contribution < 1.29 is 5.11 Å². The summed E-state index contributed by atoms with van der Waals surface area (Å²) in [4.78, 5) is 15.4. The van der Waals surface area contributed by atoms with Gasteiger partial charge in [0, 0.05) is 31.0 Å². The Hall–Kier alpha value is -1.73. The Kier molecular flexibility index (Phi) is 5.40. The molecule has 124 valence electrons. The molecule has 3 heterocycles. The number of hydrogen-bond acceptors (Lipinski definition) is 7. The molecule has 1 aliphatic rings. The van der Waals surface area contributed by atoms with Gasteiger partial charge in [-0.15, -0.1) is 11.3 Å². The van der Waals surface area contributed by atoms with Gasteiger partial charge in [0.25, 0.3) is 0 Å². The van der Waals surface area contributed by atoms with Crippen molar-refractivity contribution in [2.24, 2.45) is 0 Å². The molecule has 3 rings (SSSR count). The van der Waals surface area contributed by atoms with Crippen LogP contribution >= 0.6 is 11.3 Å². The number of aryl methyl sites for hydroxylation is 1. The van der Waals surface area contributed by atoms with E-state index in [4.69, 9.17) is 0 Å². The molecule has 23 heavy (non-hydrogen) atoms. The molecule has 7 heteroatoms. The highest BCUT2D eigenvalue weighted by Gasteiger charge is 2.25. The second-order valence-electron chi connectivity index (χ2n) is 5.70. The van der Waals surface area contributed by atoms with E-state index in [0.29, 0.717) is 0 Å². The molecule has 6 nitrogen and oxygen atoms in total. The van der Waals surface area contributed by atoms with Gasteiger partial charge in [0.2, 0.25) is 0 Å². The molecule has 2 aromatic rings. The summed E-state index contributed by atoms with van der Waals surface area (Å²) in [6, 6.07) is 2.15. The van der Waals surface area contributed by atoms with Gasteiger partial charge in [-0.1, -0.05) is 6.92 Å². The van der Waals surface area contributed by atoms with Gasteiger partial charge >= 0.3 is 0 Å². The van der Waals surface area contributed by atoms with E-state index in [1.807, 2.05) is 6.07 Å². The number of aliphatic hydroxyl groups excluding tert-OH is 1. The summed E-state index contributed by atoms with van der Waals surface area (Å²) >= 11 is 1.72. The SMILES string of the molecule is CCc1nc(CCNc2cc(N3CCC[C@@H]3CO)ncn2)cs1. The molecule has 0 unspecified atom stereocenters. The zero-order chi connectivity index (χ0) is 16.1. The van der Waals surface area contributed by atoms with Crippen LogP contribution in [0.5, 0.6) is 0 Å². The smallest absolute Gasteiger partial charge is 0.134 e. The van der Waals surface area contributed by atoms with E-state index in [1.54, 1.807) is 17.7 Å². The standard InChI is InChI=1S/C16H23N5OS/c1-2-16-20-12(10-23-16)5-6-17-14-8-15(19-11-18-14)21-7-3-4-13(21)9-22/h8,10-11,13,22H,2-7,9H2,1H3,(H,17,18,19)/t13-/m1/s1. The summed E-state index contributed by atoms with van der Waals surface area (Å²) in [5, 5.41) is 16.1.